The van der Waals surface area contributed by atoms with Gasteiger partial charge in [-0.25, -0.2) is 0 Å². The maximum absolute atomic E-state index is 6.26. The molecule has 0 spiro atoms. The first-order chi connectivity index (χ1) is 9.24. The SMILES string of the molecule is CCCCCCC1CC(N)c2cc(OC)ccc2O1. The summed E-state index contributed by atoms with van der Waals surface area (Å²) in [6.07, 6.45) is 7.40. The molecular formula is C16H25NO2. The van der Waals surface area contributed by atoms with E-state index >= 15 is 0 Å². The molecule has 1 aromatic rings. The van der Waals surface area contributed by atoms with E-state index in [4.69, 9.17) is 15.2 Å². The van der Waals surface area contributed by atoms with Crippen LogP contribution in [0, 0.1) is 0 Å². The number of benzene rings is 1. The van der Waals surface area contributed by atoms with Crippen LogP contribution in [0.3, 0.4) is 0 Å². The highest BCUT2D eigenvalue weighted by Crippen LogP contribution is 2.37. The quantitative estimate of drug-likeness (QED) is 0.794. The molecule has 0 amide bonds. The molecule has 0 saturated heterocycles. The molecule has 1 aliphatic heterocycles. The number of ether oxygens (including phenoxy) is 2. The lowest BCUT2D eigenvalue weighted by Gasteiger charge is -2.30. The van der Waals surface area contributed by atoms with Crippen LogP contribution in [0.5, 0.6) is 11.5 Å². The van der Waals surface area contributed by atoms with Gasteiger partial charge in [-0.15, -0.1) is 0 Å². The minimum absolute atomic E-state index is 0.0648. The first kappa shape index (κ1) is 14.2. The van der Waals surface area contributed by atoms with Gasteiger partial charge in [-0.2, -0.15) is 0 Å². The number of rotatable bonds is 6. The second-order valence-corrected chi connectivity index (χ2v) is 5.34. The van der Waals surface area contributed by atoms with E-state index in [2.05, 4.69) is 6.92 Å². The summed E-state index contributed by atoms with van der Waals surface area (Å²) in [5, 5.41) is 0. The first-order valence-electron chi connectivity index (χ1n) is 7.34. The molecule has 106 valence electrons. The monoisotopic (exact) mass is 263 g/mol. The van der Waals surface area contributed by atoms with Gasteiger partial charge in [0.15, 0.2) is 0 Å². The van der Waals surface area contributed by atoms with Crippen molar-refractivity contribution in [2.45, 2.75) is 57.6 Å². The summed E-state index contributed by atoms with van der Waals surface area (Å²) in [5.41, 5.74) is 7.33. The molecule has 19 heavy (non-hydrogen) atoms. The third-order valence-electron chi connectivity index (χ3n) is 3.81. The van der Waals surface area contributed by atoms with Crippen LogP contribution in [0.25, 0.3) is 0 Å². The number of unbranched alkanes of at least 4 members (excludes halogenated alkanes) is 3. The van der Waals surface area contributed by atoms with E-state index in [1.54, 1.807) is 7.11 Å². The lowest BCUT2D eigenvalue weighted by atomic mass is 9.94. The second kappa shape index (κ2) is 6.80. The lowest BCUT2D eigenvalue weighted by Crippen LogP contribution is -2.29. The molecule has 2 rings (SSSR count). The molecule has 2 unspecified atom stereocenters. The van der Waals surface area contributed by atoms with Crippen molar-refractivity contribution in [1.29, 1.82) is 0 Å². The highest BCUT2D eigenvalue weighted by atomic mass is 16.5. The van der Waals surface area contributed by atoms with Crippen LogP contribution in [0.4, 0.5) is 0 Å². The van der Waals surface area contributed by atoms with Crippen molar-refractivity contribution in [2.75, 3.05) is 7.11 Å². The Labute approximate surface area is 116 Å². The van der Waals surface area contributed by atoms with Gasteiger partial charge in [0, 0.05) is 18.0 Å². The highest BCUT2D eigenvalue weighted by molar-refractivity contribution is 5.43. The number of methoxy groups -OCH3 is 1. The molecule has 1 aromatic carbocycles. The van der Waals surface area contributed by atoms with E-state index in [0.717, 1.165) is 29.9 Å². The summed E-state index contributed by atoms with van der Waals surface area (Å²) in [4.78, 5) is 0. The van der Waals surface area contributed by atoms with Gasteiger partial charge in [-0.3, -0.25) is 0 Å². The molecule has 0 saturated carbocycles. The Balaban J connectivity index is 1.95. The van der Waals surface area contributed by atoms with Crippen LogP contribution in [0.2, 0.25) is 0 Å². The highest BCUT2D eigenvalue weighted by Gasteiger charge is 2.25. The van der Waals surface area contributed by atoms with Gasteiger partial charge < -0.3 is 15.2 Å². The number of nitrogens with two attached hydrogens (primary N) is 1. The van der Waals surface area contributed by atoms with Gasteiger partial charge in [0.25, 0.3) is 0 Å². The fourth-order valence-corrected chi connectivity index (χ4v) is 2.66. The normalized spacial score (nSPS) is 21.6. The van der Waals surface area contributed by atoms with Crippen molar-refractivity contribution >= 4 is 0 Å². The summed E-state index contributed by atoms with van der Waals surface area (Å²) in [5.74, 6) is 1.78. The Hall–Kier alpha value is -1.22. The maximum atomic E-state index is 6.26. The Bertz CT molecular complexity index is 406. The van der Waals surface area contributed by atoms with E-state index in [-0.39, 0.29) is 12.1 Å². The number of fused-ring (bicyclic) bond motifs is 1. The third-order valence-corrected chi connectivity index (χ3v) is 3.81. The van der Waals surface area contributed by atoms with Crippen molar-refractivity contribution in [3.05, 3.63) is 23.8 Å². The smallest absolute Gasteiger partial charge is 0.124 e. The minimum atomic E-state index is 0.0648. The predicted octanol–water partition coefficient (Wildman–Crippen LogP) is 3.82. The Kier molecular flexibility index (Phi) is 5.08. The summed E-state index contributed by atoms with van der Waals surface area (Å²) in [6, 6.07) is 5.97. The Morgan fingerprint density at radius 3 is 2.89 bits per heavy atom. The van der Waals surface area contributed by atoms with Gasteiger partial charge in [0.05, 0.1) is 7.11 Å². The van der Waals surface area contributed by atoms with Gasteiger partial charge in [0.2, 0.25) is 0 Å². The van der Waals surface area contributed by atoms with Crippen molar-refractivity contribution in [3.63, 3.8) is 0 Å². The summed E-state index contributed by atoms with van der Waals surface area (Å²) >= 11 is 0. The van der Waals surface area contributed by atoms with E-state index in [1.165, 1.54) is 25.7 Å². The first-order valence-corrected chi connectivity index (χ1v) is 7.34. The molecule has 0 bridgehead atoms. The summed E-state index contributed by atoms with van der Waals surface area (Å²) in [6.45, 7) is 2.23. The fourth-order valence-electron chi connectivity index (χ4n) is 2.66. The number of hydrogen-bond donors (Lipinski definition) is 1. The molecule has 0 fully saturated rings. The van der Waals surface area contributed by atoms with Crippen LogP contribution in [-0.2, 0) is 0 Å². The minimum Gasteiger partial charge on any atom is -0.497 e. The molecule has 0 radical (unpaired) electrons. The average molecular weight is 263 g/mol. The molecule has 2 atom stereocenters. The zero-order chi connectivity index (χ0) is 13.7. The van der Waals surface area contributed by atoms with Gasteiger partial charge in [0.1, 0.15) is 17.6 Å². The van der Waals surface area contributed by atoms with Crippen LogP contribution < -0.4 is 15.2 Å². The second-order valence-electron chi connectivity index (χ2n) is 5.34. The molecule has 0 aromatic heterocycles. The van der Waals surface area contributed by atoms with E-state index in [1.807, 2.05) is 18.2 Å². The molecular weight excluding hydrogens is 238 g/mol. The zero-order valence-corrected chi connectivity index (χ0v) is 12.0. The molecule has 3 nitrogen and oxygen atoms in total. The van der Waals surface area contributed by atoms with Crippen LogP contribution in [-0.4, -0.2) is 13.2 Å². The predicted molar refractivity (Wildman–Crippen MR) is 77.7 cm³/mol. The van der Waals surface area contributed by atoms with Gasteiger partial charge >= 0.3 is 0 Å². The van der Waals surface area contributed by atoms with Crippen molar-refractivity contribution < 1.29 is 9.47 Å². The molecule has 0 aliphatic carbocycles. The lowest BCUT2D eigenvalue weighted by molar-refractivity contribution is 0.146. The number of hydrogen-bond acceptors (Lipinski definition) is 3. The van der Waals surface area contributed by atoms with E-state index < -0.39 is 0 Å². The topological polar surface area (TPSA) is 44.5 Å². The fraction of sp³-hybridized carbons (Fsp3) is 0.625. The maximum Gasteiger partial charge on any atom is 0.124 e. The van der Waals surface area contributed by atoms with Crippen LogP contribution in [0.1, 0.15) is 57.1 Å². The van der Waals surface area contributed by atoms with Crippen LogP contribution in [0.15, 0.2) is 18.2 Å². The van der Waals surface area contributed by atoms with E-state index in [0.29, 0.717) is 0 Å². The molecule has 1 heterocycles. The summed E-state index contributed by atoms with van der Waals surface area (Å²) in [7, 11) is 1.67. The Morgan fingerprint density at radius 2 is 2.16 bits per heavy atom. The van der Waals surface area contributed by atoms with Crippen molar-refractivity contribution in [2.24, 2.45) is 5.73 Å². The van der Waals surface area contributed by atoms with Crippen molar-refractivity contribution in [1.82, 2.24) is 0 Å². The molecule has 2 N–H and O–H groups in total. The van der Waals surface area contributed by atoms with Gasteiger partial charge in [-0.05, 0) is 31.0 Å². The average Bonchev–Trinajstić information content (AvgIpc) is 2.43. The van der Waals surface area contributed by atoms with E-state index in [9.17, 15) is 0 Å². The Morgan fingerprint density at radius 1 is 1.32 bits per heavy atom. The third kappa shape index (κ3) is 3.63. The zero-order valence-electron chi connectivity index (χ0n) is 12.0. The van der Waals surface area contributed by atoms with Crippen LogP contribution >= 0.6 is 0 Å². The van der Waals surface area contributed by atoms with Crippen molar-refractivity contribution in [3.8, 4) is 11.5 Å². The summed E-state index contributed by atoms with van der Waals surface area (Å²) < 4.78 is 11.3. The molecule has 3 heteroatoms. The standard InChI is InChI=1S/C16H25NO2/c1-3-4-5-6-7-13-11-15(17)14-10-12(18-2)8-9-16(14)19-13/h8-10,13,15H,3-7,11,17H2,1-2H3. The largest absolute Gasteiger partial charge is 0.497 e. The molecule has 1 aliphatic rings. The van der Waals surface area contributed by atoms with Gasteiger partial charge in [-0.1, -0.05) is 26.2 Å².